The molecular weight excluding hydrogens is 347 g/mol. The molecule has 5 nitrogen and oxygen atoms in total. The van der Waals surface area contributed by atoms with Gasteiger partial charge < -0.3 is 10.3 Å². The molecule has 0 fully saturated rings. The van der Waals surface area contributed by atoms with Gasteiger partial charge in [0.1, 0.15) is 15.1 Å². The van der Waals surface area contributed by atoms with E-state index in [2.05, 4.69) is 4.98 Å². The zero-order chi connectivity index (χ0) is 15.2. The number of nitrogen functional groups attached to an aromatic ring is 1. The molecule has 3 aromatic rings. The van der Waals surface area contributed by atoms with Crippen LogP contribution in [0.15, 0.2) is 41.3 Å². The van der Waals surface area contributed by atoms with E-state index in [1.54, 1.807) is 25.1 Å². The molecule has 0 saturated heterocycles. The van der Waals surface area contributed by atoms with Crippen molar-refractivity contribution in [2.24, 2.45) is 0 Å². The summed E-state index contributed by atoms with van der Waals surface area (Å²) in [6, 6.07) is 10.3. The van der Waals surface area contributed by atoms with Gasteiger partial charge in [0.2, 0.25) is 0 Å². The number of anilines is 1. The van der Waals surface area contributed by atoms with E-state index < -0.39 is 10.1 Å². The van der Waals surface area contributed by atoms with E-state index in [-0.39, 0.29) is 56.3 Å². The molecule has 0 aliphatic carbocycles. The molecule has 0 unspecified atom stereocenters. The molecule has 0 aliphatic heterocycles. The summed E-state index contributed by atoms with van der Waals surface area (Å²) in [5.41, 5.74) is 8.31. The van der Waals surface area contributed by atoms with Gasteiger partial charge in [-0.2, -0.15) is 0 Å². The molecule has 0 bridgehead atoms. The van der Waals surface area contributed by atoms with Crippen molar-refractivity contribution in [2.75, 3.05) is 5.73 Å². The van der Waals surface area contributed by atoms with Crippen LogP contribution < -0.4 is 57.1 Å². The first kappa shape index (κ1) is 18.0. The Morgan fingerprint density at radius 2 is 1.82 bits per heavy atom. The molecule has 0 spiro atoms. The van der Waals surface area contributed by atoms with E-state index in [0.717, 1.165) is 5.56 Å². The van der Waals surface area contributed by atoms with Crippen LogP contribution in [0.1, 0.15) is 5.56 Å². The average molecular weight is 358 g/mol. The van der Waals surface area contributed by atoms with Crippen LogP contribution in [0.4, 0.5) is 5.69 Å². The van der Waals surface area contributed by atoms with Crippen molar-refractivity contribution in [2.45, 2.75) is 11.8 Å². The number of nitrogens with zero attached hydrogens (tertiary/aromatic N) is 1. The smallest absolute Gasteiger partial charge is 0.744 e. The molecule has 2 aromatic carbocycles. The van der Waals surface area contributed by atoms with Gasteiger partial charge in [-0.05, 0) is 48.9 Å². The molecule has 0 amide bonds. The standard InChI is InChI=1S/C14H12N2O3S2.K/c1-8-6-11-13(12(7-8)21(17,18)19)20-14(16-11)9-2-4-10(15)5-3-9;/h2-7H,15H2,1H3,(H,17,18,19);/q;+1/p-1. The van der Waals surface area contributed by atoms with E-state index in [0.29, 0.717) is 26.5 Å². The monoisotopic (exact) mass is 358 g/mol. The van der Waals surface area contributed by atoms with Gasteiger partial charge in [0.15, 0.2) is 0 Å². The summed E-state index contributed by atoms with van der Waals surface area (Å²) in [6.07, 6.45) is 0. The summed E-state index contributed by atoms with van der Waals surface area (Å²) >= 11 is 1.19. The van der Waals surface area contributed by atoms with Gasteiger partial charge in [-0.3, -0.25) is 0 Å². The first-order chi connectivity index (χ1) is 9.84. The third-order valence-electron chi connectivity index (χ3n) is 3.03. The van der Waals surface area contributed by atoms with Gasteiger partial charge in [-0.15, -0.1) is 11.3 Å². The summed E-state index contributed by atoms with van der Waals surface area (Å²) < 4.78 is 34.6. The van der Waals surface area contributed by atoms with Crippen LogP contribution in [0.2, 0.25) is 0 Å². The van der Waals surface area contributed by atoms with Crippen LogP contribution in [-0.2, 0) is 10.1 Å². The zero-order valence-electron chi connectivity index (χ0n) is 12.0. The number of rotatable bonds is 2. The van der Waals surface area contributed by atoms with Crippen molar-refractivity contribution in [3.05, 3.63) is 42.0 Å². The molecule has 0 radical (unpaired) electrons. The Morgan fingerprint density at radius 3 is 2.41 bits per heavy atom. The summed E-state index contributed by atoms with van der Waals surface area (Å²) in [4.78, 5) is 4.21. The molecule has 2 N–H and O–H groups in total. The fourth-order valence-corrected chi connectivity index (χ4v) is 4.12. The molecule has 108 valence electrons. The maximum absolute atomic E-state index is 11.4. The number of nitrogens with two attached hydrogens (primary N) is 1. The topological polar surface area (TPSA) is 96.1 Å². The number of aromatic nitrogens is 1. The first-order valence-corrected chi connectivity index (χ1v) is 8.30. The number of hydrogen-bond donors (Lipinski definition) is 1. The second-order valence-corrected chi connectivity index (χ2v) is 7.05. The summed E-state index contributed by atoms with van der Waals surface area (Å²) in [5, 5.41) is 0.653. The zero-order valence-corrected chi connectivity index (χ0v) is 16.8. The normalized spacial score (nSPS) is 11.4. The molecule has 1 aromatic heterocycles. The van der Waals surface area contributed by atoms with Crippen molar-refractivity contribution in [1.29, 1.82) is 0 Å². The molecule has 22 heavy (non-hydrogen) atoms. The van der Waals surface area contributed by atoms with E-state index >= 15 is 0 Å². The first-order valence-electron chi connectivity index (χ1n) is 6.07. The second-order valence-electron chi connectivity index (χ2n) is 4.71. The van der Waals surface area contributed by atoms with Crippen LogP contribution in [0.5, 0.6) is 0 Å². The van der Waals surface area contributed by atoms with Crippen molar-refractivity contribution in [1.82, 2.24) is 4.98 Å². The van der Waals surface area contributed by atoms with E-state index in [4.69, 9.17) is 5.73 Å². The minimum atomic E-state index is -4.53. The quantitative estimate of drug-likeness (QED) is 0.388. The SMILES string of the molecule is Cc1cc(S(=O)(=O)[O-])c2sc(-c3ccc(N)cc3)nc2c1.[K+]. The Labute approximate surface area is 174 Å². The third kappa shape index (κ3) is 3.60. The Kier molecular flexibility index (Phi) is 5.45. The molecular formula is C14H11KN2O3S2. The van der Waals surface area contributed by atoms with Gasteiger partial charge in [-0.1, -0.05) is 0 Å². The van der Waals surface area contributed by atoms with Crippen molar-refractivity contribution in [3.63, 3.8) is 0 Å². The van der Waals surface area contributed by atoms with Crippen LogP contribution in [0.3, 0.4) is 0 Å². The molecule has 0 aliphatic rings. The molecule has 1 heterocycles. The van der Waals surface area contributed by atoms with Crippen molar-refractivity contribution < 1.29 is 64.4 Å². The van der Waals surface area contributed by atoms with Crippen molar-refractivity contribution in [3.8, 4) is 10.6 Å². The van der Waals surface area contributed by atoms with Crippen LogP contribution in [0.25, 0.3) is 20.8 Å². The van der Waals surface area contributed by atoms with Crippen molar-refractivity contribution >= 4 is 37.4 Å². The largest absolute Gasteiger partial charge is 1.00 e. The average Bonchev–Trinajstić information content (AvgIpc) is 2.80. The van der Waals surface area contributed by atoms with E-state index in [1.807, 2.05) is 12.1 Å². The molecule has 0 atom stereocenters. The fourth-order valence-electron chi connectivity index (χ4n) is 2.07. The minimum Gasteiger partial charge on any atom is -0.744 e. The van der Waals surface area contributed by atoms with Gasteiger partial charge >= 0.3 is 51.4 Å². The van der Waals surface area contributed by atoms with Gasteiger partial charge in [0.05, 0.1) is 15.1 Å². The summed E-state index contributed by atoms with van der Waals surface area (Å²) in [6.45, 7) is 1.73. The summed E-state index contributed by atoms with van der Waals surface area (Å²) in [5.74, 6) is 0. The Hall–Kier alpha value is -0.324. The fraction of sp³-hybridized carbons (Fsp3) is 0.0714. The Balaban J connectivity index is 0.00000176. The molecule has 3 rings (SSSR count). The second kappa shape index (κ2) is 6.66. The third-order valence-corrected chi connectivity index (χ3v) is 5.17. The predicted molar refractivity (Wildman–Crippen MR) is 82.2 cm³/mol. The van der Waals surface area contributed by atoms with Crippen LogP contribution >= 0.6 is 11.3 Å². The number of fused-ring (bicyclic) bond motifs is 1. The molecule has 0 saturated carbocycles. The van der Waals surface area contributed by atoms with Gasteiger partial charge in [0.25, 0.3) is 0 Å². The minimum absolute atomic E-state index is 0. The van der Waals surface area contributed by atoms with Crippen LogP contribution in [-0.4, -0.2) is 18.0 Å². The number of hydrogen-bond acceptors (Lipinski definition) is 6. The van der Waals surface area contributed by atoms with E-state index in [9.17, 15) is 13.0 Å². The maximum atomic E-state index is 11.4. The van der Waals surface area contributed by atoms with E-state index in [1.165, 1.54) is 17.4 Å². The number of aryl methyl sites for hydroxylation is 1. The number of benzene rings is 2. The maximum Gasteiger partial charge on any atom is 1.00 e. The Bertz CT molecular complexity index is 935. The number of thiazole rings is 1. The van der Waals surface area contributed by atoms with Crippen LogP contribution in [0, 0.1) is 6.92 Å². The Morgan fingerprint density at radius 1 is 1.18 bits per heavy atom. The molecule has 8 heteroatoms. The predicted octanol–water partition coefficient (Wildman–Crippen LogP) is -0.238. The van der Waals surface area contributed by atoms with Gasteiger partial charge in [-0.25, -0.2) is 13.4 Å². The summed E-state index contributed by atoms with van der Waals surface area (Å²) in [7, 11) is -4.53. The van der Waals surface area contributed by atoms with Gasteiger partial charge in [0, 0.05) is 11.3 Å².